The lowest BCUT2D eigenvalue weighted by Gasteiger charge is -1.93. The van der Waals surface area contributed by atoms with Gasteiger partial charge in [-0.15, -0.1) is 0 Å². The van der Waals surface area contributed by atoms with E-state index in [1.54, 1.807) is 6.07 Å². The highest BCUT2D eigenvalue weighted by Crippen LogP contribution is 2.19. The molecule has 0 aliphatic carbocycles. The molecular weight excluding hydrogens is 286 g/mol. The molecule has 0 unspecified atom stereocenters. The fraction of sp³-hybridized carbons (Fsp3) is 0.143. The quantitative estimate of drug-likeness (QED) is 0.785. The first kappa shape index (κ1) is 8.67. The van der Waals surface area contributed by atoms with Crippen LogP contribution in [0.5, 0.6) is 0 Å². The Bertz CT molecular complexity index is 453. The fourth-order valence-corrected chi connectivity index (χ4v) is 1.78. The van der Waals surface area contributed by atoms with Gasteiger partial charge < -0.3 is 10.7 Å². The lowest BCUT2D eigenvalue weighted by Crippen LogP contribution is -1.91. The van der Waals surface area contributed by atoms with E-state index in [-0.39, 0.29) is 5.82 Å². The van der Waals surface area contributed by atoms with E-state index >= 15 is 0 Å². The summed E-state index contributed by atoms with van der Waals surface area (Å²) >= 11 is 2.09. The van der Waals surface area contributed by atoms with Crippen LogP contribution < -0.4 is 5.73 Å². The number of aromatic amines is 1. The molecule has 2 heterocycles. The first-order valence-corrected chi connectivity index (χ1v) is 4.65. The number of fused-ring (bicyclic) bond motifs is 1. The van der Waals surface area contributed by atoms with Crippen molar-refractivity contribution < 1.29 is 4.39 Å². The Labute approximate surface area is 86.9 Å². The van der Waals surface area contributed by atoms with Gasteiger partial charge in [0, 0.05) is 3.57 Å². The predicted molar refractivity (Wildman–Crippen MR) is 55.8 cm³/mol. The summed E-state index contributed by atoms with van der Waals surface area (Å²) in [6.45, 7) is -0.619. The second kappa shape index (κ2) is 3.09. The van der Waals surface area contributed by atoms with Crippen molar-refractivity contribution in [1.82, 2.24) is 15.0 Å². The molecule has 4 nitrogen and oxygen atoms in total. The molecule has 2 rings (SSSR count). The zero-order valence-corrected chi connectivity index (χ0v) is 8.67. The molecular formula is C7H6FIN4. The molecule has 6 heteroatoms. The van der Waals surface area contributed by atoms with Crippen LogP contribution in [0.4, 0.5) is 10.2 Å². The summed E-state index contributed by atoms with van der Waals surface area (Å²) < 4.78 is 13.1. The van der Waals surface area contributed by atoms with Crippen molar-refractivity contribution >= 4 is 39.6 Å². The first-order chi connectivity index (χ1) is 6.20. The van der Waals surface area contributed by atoms with Gasteiger partial charge in [-0.25, -0.2) is 14.4 Å². The molecule has 0 bridgehead atoms. The molecule has 0 radical (unpaired) electrons. The average Bonchev–Trinajstić information content (AvgIpc) is 2.47. The highest BCUT2D eigenvalue weighted by atomic mass is 127. The molecule has 68 valence electrons. The van der Waals surface area contributed by atoms with Gasteiger partial charge in [-0.05, 0) is 28.7 Å². The lowest BCUT2D eigenvalue weighted by molar-refractivity contribution is 0.469. The van der Waals surface area contributed by atoms with E-state index in [2.05, 4.69) is 37.5 Å². The molecule has 2 aromatic rings. The summed E-state index contributed by atoms with van der Waals surface area (Å²) in [6, 6.07) is 1.70. The van der Waals surface area contributed by atoms with Crippen molar-refractivity contribution in [2.45, 2.75) is 6.67 Å². The number of hydrogen-bond acceptors (Lipinski definition) is 3. The molecule has 0 amide bonds. The highest BCUT2D eigenvalue weighted by Gasteiger charge is 2.07. The third-order valence-electron chi connectivity index (χ3n) is 1.60. The van der Waals surface area contributed by atoms with Gasteiger partial charge in [0.25, 0.3) is 0 Å². The molecule has 0 aliphatic rings. The van der Waals surface area contributed by atoms with Crippen LogP contribution in [0.3, 0.4) is 0 Å². The Hall–Kier alpha value is -0.920. The van der Waals surface area contributed by atoms with E-state index < -0.39 is 6.67 Å². The normalized spacial score (nSPS) is 10.9. The number of H-pyrrole nitrogens is 1. The third kappa shape index (κ3) is 1.45. The van der Waals surface area contributed by atoms with Gasteiger partial charge in [0.1, 0.15) is 23.8 Å². The Morgan fingerprint density at radius 3 is 3.00 bits per heavy atom. The molecule has 0 spiro atoms. The van der Waals surface area contributed by atoms with Gasteiger partial charge in [-0.2, -0.15) is 0 Å². The second-order valence-corrected chi connectivity index (χ2v) is 3.71. The van der Waals surface area contributed by atoms with Crippen LogP contribution in [0.1, 0.15) is 5.82 Å². The summed E-state index contributed by atoms with van der Waals surface area (Å²) in [5.74, 6) is 0.692. The van der Waals surface area contributed by atoms with Crippen molar-refractivity contribution in [3.05, 3.63) is 15.5 Å². The van der Waals surface area contributed by atoms with Crippen LogP contribution in [0, 0.1) is 3.57 Å². The molecule has 0 saturated carbocycles. The second-order valence-electron chi connectivity index (χ2n) is 2.54. The number of nitrogens with one attached hydrogen (secondary N) is 1. The average molecular weight is 292 g/mol. The smallest absolute Gasteiger partial charge is 0.160 e. The molecule has 2 aromatic heterocycles. The molecule has 13 heavy (non-hydrogen) atoms. The minimum absolute atomic E-state index is 0.283. The van der Waals surface area contributed by atoms with Gasteiger partial charge in [0.15, 0.2) is 5.65 Å². The topological polar surface area (TPSA) is 67.6 Å². The van der Waals surface area contributed by atoms with Crippen LogP contribution in [0.25, 0.3) is 11.2 Å². The third-order valence-corrected chi connectivity index (χ3v) is 2.42. The minimum atomic E-state index is -0.619. The van der Waals surface area contributed by atoms with Gasteiger partial charge in [-0.3, -0.25) is 0 Å². The van der Waals surface area contributed by atoms with E-state index in [0.29, 0.717) is 17.0 Å². The monoisotopic (exact) mass is 292 g/mol. The van der Waals surface area contributed by atoms with Crippen molar-refractivity contribution in [1.29, 1.82) is 0 Å². The van der Waals surface area contributed by atoms with Crippen molar-refractivity contribution in [2.24, 2.45) is 0 Å². The van der Waals surface area contributed by atoms with Crippen LogP contribution in [0.15, 0.2) is 6.07 Å². The molecule has 3 N–H and O–H groups in total. The number of nitrogens with zero attached hydrogens (tertiary/aromatic N) is 2. The van der Waals surface area contributed by atoms with Gasteiger partial charge in [0.05, 0.1) is 0 Å². The number of aromatic nitrogens is 3. The summed E-state index contributed by atoms with van der Waals surface area (Å²) in [5.41, 5.74) is 6.73. The number of alkyl halides is 1. The van der Waals surface area contributed by atoms with Crippen LogP contribution in [0.2, 0.25) is 0 Å². The lowest BCUT2D eigenvalue weighted by atomic mass is 10.4. The fourth-order valence-electron chi connectivity index (χ4n) is 1.08. The molecule has 0 aromatic carbocycles. The molecule has 0 fully saturated rings. The number of pyridine rings is 1. The molecule has 0 atom stereocenters. The number of anilines is 1. The van der Waals surface area contributed by atoms with E-state index in [1.807, 2.05) is 0 Å². The SMILES string of the molecule is Nc1cc(I)c2nc(CF)[nH]c2n1. The van der Waals surface area contributed by atoms with E-state index in [4.69, 9.17) is 5.73 Å². The number of hydrogen-bond donors (Lipinski definition) is 2. The van der Waals surface area contributed by atoms with Crippen molar-refractivity contribution in [3.63, 3.8) is 0 Å². The Morgan fingerprint density at radius 1 is 1.54 bits per heavy atom. The maximum Gasteiger partial charge on any atom is 0.160 e. The maximum absolute atomic E-state index is 12.2. The minimum Gasteiger partial charge on any atom is -0.384 e. The summed E-state index contributed by atoms with van der Waals surface area (Å²) in [7, 11) is 0. The van der Waals surface area contributed by atoms with Crippen LogP contribution >= 0.6 is 22.6 Å². The standard InChI is InChI=1S/C7H6FIN4/c8-2-5-12-6-3(9)1-4(10)11-7(6)13-5/h1H,2H2,(H3,10,11,12,13). The molecule has 0 aliphatic heterocycles. The number of rotatable bonds is 1. The van der Waals surface area contributed by atoms with Gasteiger partial charge in [0.2, 0.25) is 0 Å². The summed E-state index contributed by atoms with van der Waals surface area (Å²) in [5, 5.41) is 0. The van der Waals surface area contributed by atoms with Crippen molar-refractivity contribution in [2.75, 3.05) is 5.73 Å². The van der Waals surface area contributed by atoms with E-state index in [1.165, 1.54) is 0 Å². The zero-order valence-electron chi connectivity index (χ0n) is 6.51. The Balaban J connectivity index is 2.75. The summed E-state index contributed by atoms with van der Waals surface area (Å²) in [6.07, 6.45) is 0. The Kier molecular flexibility index (Phi) is 2.06. The Morgan fingerprint density at radius 2 is 2.31 bits per heavy atom. The van der Waals surface area contributed by atoms with Gasteiger partial charge in [-0.1, -0.05) is 0 Å². The summed E-state index contributed by atoms with van der Waals surface area (Å²) in [4.78, 5) is 10.8. The first-order valence-electron chi connectivity index (χ1n) is 3.57. The zero-order chi connectivity index (χ0) is 9.42. The van der Waals surface area contributed by atoms with Crippen molar-refractivity contribution in [3.8, 4) is 0 Å². The largest absolute Gasteiger partial charge is 0.384 e. The number of nitrogens with two attached hydrogens (primary N) is 1. The maximum atomic E-state index is 12.2. The van der Waals surface area contributed by atoms with Gasteiger partial charge >= 0.3 is 0 Å². The molecule has 0 saturated heterocycles. The van der Waals surface area contributed by atoms with E-state index in [9.17, 15) is 4.39 Å². The number of nitrogen functional groups attached to an aromatic ring is 1. The van der Waals surface area contributed by atoms with E-state index in [0.717, 1.165) is 3.57 Å². The number of imidazole rings is 1. The van der Waals surface area contributed by atoms with Crippen LogP contribution in [-0.4, -0.2) is 15.0 Å². The van der Waals surface area contributed by atoms with Crippen LogP contribution in [-0.2, 0) is 6.67 Å². The number of halogens is 2. The predicted octanol–water partition coefficient (Wildman–Crippen LogP) is 1.61. The highest BCUT2D eigenvalue weighted by molar-refractivity contribution is 14.1.